The fraction of sp³-hybridized carbons (Fsp3) is 0.600. The lowest BCUT2D eigenvalue weighted by Gasteiger charge is -1.98. The second-order valence-electron chi connectivity index (χ2n) is 8.17. The van der Waals surface area contributed by atoms with Gasteiger partial charge in [0.25, 0.3) is 0 Å². The fourth-order valence-electron chi connectivity index (χ4n) is 2.21. The maximum Gasteiger partial charge on any atom is -0.0155 e. The Labute approximate surface area is 258 Å². The van der Waals surface area contributed by atoms with E-state index in [2.05, 4.69) is 110 Å². The summed E-state index contributed by atoms with van der Waals surface area (Å²) in [5.41, 5.74) is 2.67. The van der Waals surface area contributed by atoms with Crippen LogP contribution in [0.15, 0.2) is 72.8 Å². The largest absolute Gasteiger partial charge is 0.0776 e. The van der Waals surface area contributed by atoms with Crippen LogP contribution in [0.1, 0.15) is 150 Å². The Bertz CT molecular complexity index is 731. The summed E-state index contributed by atoms with van der Waals surface area (Å²) in [6, 6.07) is 25.1. The van der Waals surface area contributed by atoms with E-state index in [0.29, 0.717) is 0 Å². The van der Waals surface area contributed by atoms with Crippen LogP contribution in [0.3, 0.4) is 0 Å². The van der Waals surface area contributed by atoms with Gasteiger partial charge in [-0.2, -0.15) is 0 Å². The first-order chi connectivity index (χ1) is 17.8. The molecule has 0 heterocycles. The van der Waals surface area contributed by atoms with Crippen molar-refractivity contribution in [3.05, 3.63) is 83.9 Å². The minimum absolute atomic E-state index is 0. The van der Waals surface area contributed by atoms with Gasteiger partial charge in [0.15, 0.2) is 0 Å². The van der Waals surface area contributed by atoms with Gasteiger partial charge in [-0.05, 0) is 42.0 Å². The Morgan fingerprint density at radius 2 is 0.825 bits per heavy atom. The number of hydrogen-bond acceptors (Lipinski definition) is 0. The standard InChI is InChI=1S/C11H10.C7H8.C6H14.C5H12.4C2H6.3CH4/c1-9-5-4-7-10-6-2-3-8-11(9)10;1-7-5-3-2-4-6-7;1-4-6(3)5-2;1-4-5(2)3;4*1-2;;;/h2-8H,1H3;2-6H,1H3;6H,4-5H2,1-3H3;5H,4H2,1-3H3;4*1-2H3;3*1H4. The normalized spacial score (nSPS) is 7.65. The molecule has 0 heteroatoms. The molecule has 0 aliphatic heterocycles. The van der Waals surface area contributed by atoms with Gasteiger partial charge in [0.2, 0.25) is 0 Å². The zero-order chi connectivity index (χ0) is 30.1. The second-order valence-corrected chi connectivity index (χ2v) is 8.17. The molecular weight excluding hydrogens is 480 g/mol. The molecule has 3 aromatic rings. The average Bonchev–Trinajstić information content (AvgIpc) is 2.98. The smallest absolute Gasteiger partial charge is 0.0155 e. The maximum absolute atomic E-state index is 2.28. The molecule has 3 rings (SSSR count). The van der Waals surface area contributed by atoms with E-state index in [-0.39, 0.29) is 22.3 Å². The van der Waals surface area contributed by atoms with Crippen molar-refractivity contribution in [2.24, 2.45) is 11.8 Å². The van der Waals surface area contributed by atoms with Crippen LogP contribution < -0.4 is 0 Å². The lowest BCUT2D eigenvalue weighted by molar-refractivity contribution is 0.544. The third kappa shape index (κ3) is 40.4. The van der Waals surface area contributed by atoms with Gasteiger partial charge in [-0.1, -0.05) is 217 Å². The first-order valence-electron chi connectivity index (χ1n) is 15.3. The molecule has 0 bridgehead atoms. The summed E-state index contributed by atoms with van der Waals surface area (Å²) in [6.45, 7) is 33.6. The lowest BCUT2D eigenvalue weighted by Crippen LogP contribution is -1.85. The van der Waals surface area contributed by atoms with Crippen LogP contribution >= 0.6 is 0 Å². The molecule has 0 aromatic heterocycles. The van der Waals surface area contributed by atoms with Gasteiger partial charge in [-0.3, -0.25) is 0 Å². The maximum atomic E-state index is 2.28. The van der Waals surface area contributed by atoms with Gasteiger partial charge in [-0.25, -0.2) is 0 Å². The summed E-state index contributed by atoms with van der Waals surface area (Å²) in [5, 5.41) is 2.68. The summed E-state index contributed by atoms with van der Waals surface area (Å²) >= 11 is 0. The van der Waals surface area contributed by atoms with Crippen molar-refractivity contribution in [3.8, 4) is 0 Å². The Balaban J connectivity index is -0.0000000529. The highest BCUT2D eigenvalue weighted by molar-refractivity contribution is 5.85. The molecule has 0 atom stereocenters. The van der Waals surface area contributed by atoms with Crippen molar-refractivity contribution < 1.29 is 0 Å². The summed E-state index contributed by atoms with van der Waals surface area (Å²) in [5.74, 6) is 1.82. The summed E-state index contributed by atoms with van der Waals surface area (Å²) < 4.78 is 0. The zero-order valence-electron chi connectivity index (χ0n) is 28.2. The molecule has 0 saturated heterocycles. The zero-order valence-corrected chi connectivity index (χ0v) is 28.2. The SMILES string of the molecule is C.C.C.CC.CC.CC.CC.CCC(C)C.CCC(C)CC.Cc1cccc2ccccc12.Cc1ccccc1. The average molecular weight is 561 g/mol. The van der Waals surface area contributed by atoms with Crippen molar-refractivity contribution in [2.45, 2.75) is 152 Å². The molecule has 3 aromatic carbocycles. The van der Waals surface area contributed by atoms with E-state index in [0.717, 1.165) is 11.8 Å². The molecule has 0 saturated carbocycles. The van der Waals surface area contributed by atoms with Crippen LogP contribution in [0, 0.1) is 25.7 Å². The molecule has 0 radical (unpaired) electrons. The van der Waals surface area contributed by atoms with Gasteiger partial charge in [0.05, 0.1) is 0 Å². The number of aryl methyl sites for hydroxylation is 2. The first kappa shape index (κ1) is 57.7. The minimum Gasteiger partial charge on any atom is -0.0776 e. The summed E-state index contributed by atoms with van der Waals surface area (Å²) in [4.78, 5) is 0. The van der Waals surface area contributed by atoms with Crippen LogP contribution in [0.2, 0.25) is 0 Å². The van der Waals surface area contributed by atoms with E-state index in [1.54, 1.807) is 0 Å². The highest BCUT2D eigenvalue weighted by Crippen LogP contribution is 2.16. The molecule has 0 unspecified atom stereocenters. The number of benzene rings is 3. The third-order valence-electron chi connectivity index (χ3n) is 5.16. The third-order valence-corrected chi connectivity index (χ3v) is 5.16. The molecule has 0 N–H and O–H groups in total. The number of hydrogen-bond donors (Lipinski definition) is 0. The summed E-state index contributed by atoms with van der Waals surface area (Å²) in [7, 11) is 0. The summed E-state index contributed by atoms with van der Waals surface area (Å²) in [6.07, 6.45) is 3.97. The van der Waals surface area contributed by atoms with Crippen LogP contribution in [0.4, 0.5) is 0 Å². The molecule has 0 amide bonds. The molecule has 240 valence electrons. The molecule has 40 heavy (non-hydrogen) atoms. The Kier molecular flexibility index (Phi) is 71.9. The van der Waals surface area contributed by atoms with Crippen molar-refractivity contribution in [2.75, 3.05) is 0 Å². The quantitative estimate of drug-likeness (QED) is 0.299. The van der Waals surface area contributed by atoms with Gasteiger partial charge < -0.3 is 0 Å². The van der Waals surface area contributed by atoms with Crippen molar-refractivity contribution in [1.29, 1.82) is 0 Å². The van der Waals surface area contributed by atoms with Gasteiger partial charge in [0.1, 0.15) is 0 Å². The van der Waals surface area contributed by atoms with Crippen molar-refractivity contribution in [1.82, 2.24) is 0 Å². The predicted molar refractivity (Wildman–Crippen MR) is 200 cm³/mol. The Morgan fingerprint density at radius 3 is 1.10 bits per heavy atom. The molecule has 0 fully saturated rings. The van der Waals surface area contributed by atoms with Crippen LogP contribution in [-0.4, -0.2) is 0 Å². The minimum atomic E-state index is 0. The van der Waals surface area contributed by atoms with E-state index in [9.17, 15) is 0 Å². The van der Waals surface area contributed by atoms with E-state index in [1.165, 1.54) is 41.2 Å². The van der Waals surface area contributed by atoms with Crippen LogP contribution in [0.5, 0.6) is 0 Å². The van der Waals surface area contributed by atoms with E-state index in [1.807, 2.05) is 73.6 Å². The topological polar surface area (TPSA) is 0 Å². The predicted octanol–water partition coefficient (Wildman–Crippen LogP) is 15.7. The van der Waals surface area contributed by atoms with Gasteiger partial charge in [-0.15, -0.1) is 0 Å². The highest BCUT2D eigenvalue weighted by atomic mass is 14.0. The van der Waals surface area contributed by atoms with E-state index < -0.39 is 0 Å². The first-order valence-corrected chi connectivity index (χ1v) is 15.3. The van der Waals surface area contributed by atoms with E-state index in [4.69, 9.17) is 0 Å². The molecule has 0 aliphatic carbocycles. The molecule has 0 aliphatic rings. The highest BCUT2D eigenvalue weighted by Gasteiger charge is 1.92. The lowest BCUT2D eigenvalue weighted by atomic mass is 10.1. The Morgan fingerprint density at radius 1 is 0.475 bits per heavy atom. The number of rotatable bonds is 3. The van der Waals surface area contributed by atoms with Crippen LogP contribution in [-0.2, 0) is 0 Å². The van der Waals surface area contributed by atoms with Crippen molar-refractivity contribution in [3.63, 3.8) is 0 Å². The Hall–Kier alpha value is -2.08. The fourth-order valence-corrected chi connectivity index (χ4v) is 2.21. The number of fused-ring (bicyclic) bond motifs is 1. The van der Waals surface area contributed by atoms with Gasteiger partial charge >= 0.3 is 0 Å². The molecular formula is C40H80. The molecule has 0 spiro atoms. The van der Waals surface area contributed by atoms with Crippen molar-refractivity contribution >= 4 is 10.8 Å². The van der Waals surface area contributed by atoms with Gasteiger partial charge in [0, 0.05) is 0 Å². The second kappa shape index (κ2) is 49.8. The van der Waals surface area contributed by atoms with Crippen LogP contribution in [0.25, 0.3) is 10.8 Å². The van der Waals surface area contributed by atoms with E-state index >= 15 is 0 Å². The monoisotopic (exact) mass is 561 g/mol. The molecule has 0 nitrogen and oxygen atoms in total.